The summed E-state index contributed by atoms with van der Waals surface area (Å²) >= 11 is 0. The molecule has 19 heteroatoms. The van der Waals surface area contributed by atoms with Crippen LogP contribution < -0.4 is 40.2 Å². The van der Waals surface area contributed by atoms with Gasteiger partial charge in [0.25, 0.3) is 29.5 Å². The molecule has 0 spiro atoms. The van der Waals surface area contributed by atoms with Crippen LogP contribution in [0.25, 0.3) is 55.6 Å². The Morgan fingerprint density at radius 3 is 0.980 bits per heavy atom. The Balaban J connectivity index is 0.000000224. The average Bonchev–Trinajstić information content (AvgIpc) is 1.36. The monoisotopic (exact) mass is 2000 g/mol. The molecule has 0 aromatic heterocycles. The van der Waals surface area contributed by atoms with Crippen molar-refractivity contribution in [3.8, 4) is 78.6 Å². The van der Waals surface area contributed by atoms with Gasteiger partial charge in [0.1, 0.15) is 23.0 Å². The molecule has 798 valence electrons. The number of para-hydroxylation sites is 4. The highest BCUT2D eigenvalue weighted by molar-refractivity contribution is 5.99. The summed E-state index contributed by atoms with van der Waals surface area (Å²) in [5.74, 6) is 8.12. The second kappa shape index (κ2) is 61.5. The number of amides is 5. The van der Waals surface area contributed by atoms with Crippen LogP contribution in [-0.2, 0) is 32.1 Å². The van der Waals surface area contributed by atoms with Gasteiger partial charge in [-0.1, -0.05) is 275 Å². The molecule has 5 atom stereocenters. The number of carbonyl (C=O) groups excluding carboxylic acids is 5. The first kappa shape index (κ1) is 121. The van der Waals surface area contributed by atoms with Crippen LogP contribution in [0.4, 0.5) is 0 Å². The van der Waals surface area contributed by atoms with Gasteiger partial charge in [-0.2, -0.15) is 0 Å². The minimum Gasteiger partial charge on any atom is -0.496 e. The molecule has 10 aromatic rings. The summed E-state index contributed by atoms with van der Waals surface area (Å²) in [4.78, 5) is 77.8. The predicted molar refractivity (Wildman–Crippen MR) is 616 cm³/mol. The summed E-state index contributed by atoms with van der Waals surface area (Å²) in [5, 5.41) is 12.8. The molecule has 2 saturated heterocycles. The molecular weight excluding hydrogens is 1820 g/mol. The van der Waals surface area contributed by atoms with E-state index < -0.39 is 0 Å². The summed E-state index contributed by atoms with van der Waals surface area (Å²) in [5.41, 5.74) is 20.2. The van der Waals surface area contributed by atoms with E-state index in [-0.39, 0.29) is 47.7 Å². The molecule has 10 aromatic carbocycles. The highest BCUT2D eigenvalue weighted by Gasteiger charge is 2.31. The van der Waals surface area contributed by atoms with Gasteiger partial charge in [-0.05, 0) is 323 Å². The molecule has 2 heterocycles. The lowest BCUT2D eigenvalue weighted by atomic mass is 9.95. The maximum absolute atomic E-state index is 13.1. The van der Waals surface area contributed by atoms with Gasteiger partial charge in [-0.3, -0.25) is 28.9 Å². The first-order valence-electron chi connectivity index (χ1n) is 54.4. The summed E-state index contributed by atoms with van der Waals surface area (Å²) in [7, 11) is 19.8. The molecule has 2 aliphatic heterocycles. The average molecular weight is 2000 g/mol. The lowest BCUT2D eigenvalue weighted by Crippen LogP contribution is -2.42. The Hall–Kier alpha value is -11.5. The van der Waals surface area contributed by atoms with E-state index in [1.54, 1.807) is 14.2 Å². The van der Waals surface area contributed by atoms with Gasteiger partial charge < -0.3 is 64.7 Å². The number of hydrogen-bond donors (Lipinski definition) is 4. The molecule has 0 unspecified atom stereocenters. The Morgan fingerprint density at radius 2 is 0.660 bits per heavy atom. The van der Waals surface area contributed by atoms with Crippen molar-refractivity contribution in [2.24, 2.45) is 47.3 Å². The van der Waals surface area contributed by atoms with Crippen LogP contribution in [0.15, 0.2) is 218 Å². The van der Waals surface area contributed by atoms with Crippen LogP contribution in [0, 0.1) is 47.3 Å². The third-order valence-corrected chi connectivity index (χ3v) is 26.3. The standard InChI is InChI=1S/C27H40N2O2.C26H36N2O2.2C26H38N2O2.C23H30N2O/c1-8-31-26-22(15-19(2)3)12-10-14-25(26)21-11-9-13-23(17-21)27(30)28-24(16-20(4)5)18-29(6)7;1-5-28-15-9-13-23(28)18-27-26(29)22-12-7-10-20(17-22)24-14-8-11-21(16-19(3)4)25(24)30-6-2;2*1-18(2)14-21-11-9-13-24(25(21)30-7)20-10-8-12-22(16-20)26(29)27-23(15-19(3)4)17-28(5)6;1-17(2)13-18-7-5-8-19(14-18)20-9-6-10-21(15-20)23(26)25-12-11-22(16-25)24(3)4/h9-14,17,19-20,24H,8,15-16,18H2,1-7H3,(H,28,30);7-8,10-12,14,17,19,23H,5-6,9,13,15-16,18H2,1-4H3,(H,27,29);2*8-13,16,18-19,23H,14-15,17H2,1-7H3,(H,27,29);5-10,14-15,17,22H,11-13,16H2,1-4H3/t24-;3*23-;22-/m10100/s1. The molecule has 2 fully saturated rings. The van der Waals surface area contributed by atoms with Crippen molar-refractivity contribution < 1.29 is 42.9 Å². The molecular formula is C128H182N10O9. The van der Waals surface area contributed by atoms with Gasteiger partial charge in [0.2, 0.25) is 0 Å². The summed E-state index contributed by atoms with van der Waals surface area (Å²) in [6, 6.07) is 74.6. The van der Waals surface area contributed by atoms with Crippen molar-refractivity contribution in [1.29, 1.82) is 0 Å². The Morgan fingerprint density at radius 1 is 0.347 bits per heavy atom. The molecule has 0 saturated carbocycles. The van der Waals surface area contributed by atoms with Crippen LogP contribution >= 0.6 is 0 Å². The molecule has 5 amide bonds. The third kappa shape index (κ3) is 39.5. The number of rotatable bonds is 45. The smallest absolute Gasteiger partial charge is 0.253 e. The highest BCUT2D eigenvalue weighted by Crippen LogP contribution is 2.41. The second-order valence-corrected chi connectivity index (χ2v) is 44.5. The molecule has 0 radical (unpaired) electrons. The van der Waals surface area contributed by atoms with E-state index in [1.807, 2.05) is 164 Å². The molecule has 12 rings (SSSR count). The number of benzene rings is 10. The van der Waals surface area contributed by atoms with E-state index in [9.17, 15) is 24.0 Å². The van der Waals surface area contributed by atoms with Gasteiger partial charge in [-0.15, -0.1) is 0 Å². The quantitative estimate of drug-likeness (QED) is 0.0282. The van der Waals surface area contributed by atoms with Crippen molar-refractivity contribution in [3.05, 3.63) is 274 Å². The van der Waals surface area contributed by atoms with Gasteiger partial charge >= 0.3 is 0 Å². The fourth-order valence-corrected chi connectivity index (χ4v) is 20.0. The van der Waals surface area contributed by atoms with E-state index in [4.69, 9.17) is 18.9 Å². The largest absolute Gasteiger partial charge is 0.496 e. The first-order valence-corrected chi connectivity index (χ1v) is 54.4. The predicted octanol–water partition coefficient (Wildman–Crippen LogP) is 25.7. The minimum atomic E-state index is -0.0262. The van der Waals surface area contributed by atoms with Gasteiger partial charge in [0.05, 0.1) is 27.4 Å². The number of likely N-dealkylation sites (N-methyl/N-ethyl adjacent to an activating group) is 5. The normalized spacial score (nSPS) is 14.2. The number of hydrogen-bond acceptors (Lipinski definition) is 14. The molecule has 0 aliphatic carbocycles. The van der Waals surface area contributed by atoms with Crippen LogP contribution in [0.2, 0.25) is 0 Å². The molecule has 4 N–H and O–H groups in total. The van der Waals surface area contributed by atoms with Crippen LogP contribution in [0.3, 0.4) is 0 Å². The molecule has 19 nitrogen and oxygen atoms in total. The van der Waals surface area contributed by atoms with Gasteiger partial charge in [0.15, 0.2) is 0 Å². The highest BCUT2D eigenvalue weighted by atomic mass is 16.5. The zero-order valence-electron chi connectivity index (χ0n) is 95.0. The number of likely N-dealkylation sites (tertiary alicyclic amines) is 2. The molecule has 0 bridgehead atoms. The fourth-order valence-electron chi connectivity index (χ4n) is 20.0. The summed E-state index contributed by atoms with van der Waals surface area (Å²) in [6.07, 6.45) is 11.2. The van der Waals surface area contributed by atoms with Crippen molar-refractivity contribution >= 4 is 29.5 Å². The van der Waals surface area contributed by atoms with E-state index >= 15 is 0 Å². The van der Waals surface area contributed by atoms with Crippen molar-refractivity contribution in [2.75, 3.05) is 136 Å². The first-order chi connectivity index (χ1) is 70.1. The van der Waals surface area contributed by atoms with Crippen LogP contribution in [0.1, 0.15) is 250 Å². The number of ether oxygens (including phenoxy) is 4. The summed E-state index contributed by atoms with van der Waals surface area (Å²) in [6.45, 7) is 49.8. The third-order valence-electron chi connectivity index (χ3n) is 26.3. The zero-order valence-corrected chi connectivity index (χ0v) is 95.0. The lowest BCUT2D eigenvalue weighted by molar-refractivity contribution is 0.0781. The second-order valence-electron chi connectivity index (χ2n) is 44.5. The SMILES string of the molecule is CC(C)Cc1cccc(-c2cccc(C(=O)N3CC[C@H](N(C)C)C3)c2)c1.CCOc1c(CC(C)C)cccc1-c1cccc(C(=O)NC[C@@H]2CCCN2CC)c1.CCOc1c(CC(C)C)cccc1-c1cccc(C(=O)N[C@H](CC(C)C)CN(C)C)c1.COc1c(CC(C)C)cccc1-c1cccc(C(=O)N[C@@H](CC(C)C)CN(C)C)c1.COc1c(CC(C)C)cccc1-c1cccc(C(=O)N[C@H](CC(C)C)CN(C)C)c1. The van der Waals surface area contributed by atoms with E-state index in [1.165, 1.54) is 39.8 Å². The lowest BCUT2D eigenvalue weighted by Gasteiger charge is -2.24. The van der Waals surface area contributed by atoms with Crippen molar-refractivity contribution in [2.45, 2.75) is 232 Å². The topological polar surface area (TPSA) is 190 Å². The van der Waals surface area contributed by atoms with Crippen LogP contribution in [-0.4, -0.2) is 225 Å². The van der Waals surface area contributed by atoms with E-state index in [0.29, 0.717) is 101 Å². The molecule has 147 heavy (non-hydrogen) atoms. The molecule has 2 aliphatic rings. The van der Waals surface area contributed by atoms with Crippen molar-refractivity contribution in [3.63, 3.8) is 0 Å². The van der Waals surface area contributed by atoms with Crippen LogP contribution in [0.5, 0.6) is 23.0 Å². The number of methoxy groups -OCH3 is 2. The number of nitrogens with zero attached hydrogens (tertiary/aromatic N) is 6. The van der Waals surface area contributed by atoms with E-state index in [0.717, 1.165) is 189 Å². The van der Waals surface area contributed by atoms with Crippen molar-refractivity contribution in [1.82, 2.24) is 50.7 Å². The maximum atomic E-state index is 13.1. The Bertz CT molecular complexity index is 5550. The fraction of sp³-hybridized carbons (Fsp3) is 0.492. The van der Waals surface area contributed by atoms with Gasteiger partial charge in [-0.25, -0.2) is 0 Å². The maximum Gasteiger partial charge on any atom is 0.253 e. The zero-order chi connectivity index (χ0) is 108. The minimum absolute atomic E-state index is 0.00361. The van der Waals surface area contributed by atoms with Gasteiger partial charge in [0, 0.05) is 120 Å². The number of carbonyl (C=O) groups is 5. The van der Waals surface area contributed by atoms with E-state index in [2.05, 4.69) is 293 Å². The number of nitrogens with one attached hydrogen (secondary N) is 4. The Kier molecular flexibility index (Phi) is 50.5. The Labute approximate surface area is 886 Å². The summed E-state index contributed by atoms with van der Waals surface area (Å²) < 4.78 is 23.7.